The van der Waals surface area contributed by atoms with E-state index in [1.807, 2.05) is 6.07 Å². The number of fused-ring (bicyclic) bond motifs is 1. The first-order valence-corrected chi connectivity index (χ1v) is 11.1. The maximum Gasteiger partial charge on any atom is 0.206 e. The van der Waals surface area contributed by atoms with Crippen LogP contribution in [0.4, 0.5) is 5.69 Å². The summed E-state index contributed by atoms with van der Waals surface area (Å²) in [6, 6.07) is 16.8. The first-order chi connectivity index (χ1) is 15.3. The maximum atomic E-state index is 4.87. The van der Waals surface area contributed by atoms with Gasteiger partial charge >= 0.3 is 0 Å². The average molecular weight is 456 g/mol. The number of hydrogen-bond acceptors (Lipinski definition) is 6. The molecule has 161 valence electrons. The van der Waals surface area contributed by atoms with Gasteiger partial charge in [-0.05, 0) is 35.9 Å². The molecule has 3 heterocycles. The standard InChI is InChI=1S/C23H28N8.K/c1-2-7-22-24-19-9-4-6-11-21(19)31(22)17-14-29-12-15-30(16-13-29)20-10-5-3-8-18(20)23-25-27-28-26-23;/h3-6,8-11H,2,7,12-17H2,1H3,(H,25,26,27,28);. The Kier molecular flexibility index (Phi) is 8.09. The fraction of sp³-hybridized carbons (Fsp3) is 0.391. The van der Waals surface area contributed by atoms with Crippen LogP contribution in [0.15, 0.2) is 48.5 Å². The number of aryl methyl sites for hydroxylation is 1. The van der Waals surface area contributed by atoms with Crippen molar-refractivity contribution in [3.8, 4) is 11.4 Å². The van der Waals surface area contributed by atoms with Crippen molar-refractivity contribution in [3.05, 3.63) is 54.4 Å². The van der Waals surface area contributed by atoms with Crippen LogP contribution in [0.25, 0.3) is 22.4 Å². The summed E-state index contributed by atoms with van der Waals surface area (Å²) in [6.45, 7) is 8.29. The first-order valence-electron chi connectivity index (χ1n) is 11.1. The molecule has 1 N–H and O–H groups in total. The van der Waals surface area contributed by atoms with Gasteiger partial charge in [-0.25, -0.2) is 4.98 Å². The number of aromatic amines is 1. The van der Waals surface area contributed by atoms with E-state index in [1.54, 1.807) is 0 Å². The number of H-pyrrole nitrogens is 1. The van der Waals surface area contributed by atoms with Crippen LogP contribution in [0.2, 0.25) is 0 Å². The van der Waals surface area contributed by atoms with Crippen molar-refractivity contribution in [2.24, 2.45) is 0 Å². The molecule has 8 nitrogen and oxygen atoms in total. The van der Waals surface area contributed by atoms with Crippen LogP contribution in [0.1, 0.15) is 19.2 Å². The molecule has 0 unspecified atom stereocenters. The Morgan fingerprint density at radius 2 is 1.72 bits per heavy atom. The van der Waals surface area contributed by atoms with Gasteiger partial charge in [0, 0.05) is 108 Å². The zero-order valence-electron chi connectivity index (χ0n) is 18.9. The van der Waals surface area contributed by atoms with E-state index >= 15 is 0 Å². The molecule has 5 rings (SSSR count). The number of aromatic nitrogens is 6. The second kappa shape index (κ2) is 11.0. The molecule has 0 saturated carbocycles. The van der Waals surface area contributed by atoms with Gasteiger partial charge < -0.3 is 9.47 Å². The van der Waals surface area contributed by atoms with E-state index in [9.17, 15) is 0 Å². The predicted octanol–water partition coefficient (Wildman–Crippen LogP) is 2.61. The molecule has 1 aliphatic heterocycles. The molecule has 0 aliphatic carbocycles. The zero-order valence-corrected chi connectivity index (χ0v) is 22.0. The van der Waals surface area contributed by atoms with Crippen LogP contribution in [0, 0.1) is 0 Å². The van der Waals surface area contributed by atoms with Crippen LogP contribution < -0.4 is 4.90 Å². The summed E-state index contributed by atoms with van der Waals surface area (Å²) < 4.78 is 2.41. The monoisotopic (exact) mass is 455 g/mol. The normalized spacial score (nSPS) is 14.6. The molecule has 1 fully saturated rings. The van der Waals surface area contributed by atoms with Gasteiger partial charge in [-0.3, -0.25) is 4.90 Å². The van der Waals surface area contributed by atoms with Crippen molar-refractivity contribution in [1.29, 1.82) is 0 Å². The molecule has 9 heteroatoms. The van der Waals surface area contributed by atoms with Crippen LogP contribution in [0.5, 0.6) is 0 Å². The summed E-state index contributed by atoms with van der Waals surface area (Å²) >= 11 is 0. The van der Waals surface area contributed by atoms with Gasteiger partial charge in [0.15, 0.2) is 0 Å². The van der Waals surface area contributed by atoms with Gasteiger partial charge in [0.1, 0.15) is 5.82 Å². The third-order valence-electron chi connectivity index (χ3n) is 6.05. The van der Waals surface area contributed by atoms with Gasteiger partial charge in [0.25, 0.3) is 0 Å². The molecule has 4 aromatic rings. The number of piperazine rings is 1. The molecule has 1 saturated heterocycles. The minimum Gasteiger partial charge on any atom is -0.368 e. The number of hydrogen-bond donors (Lipinski definition) is 1. The molecular weight excluding hydrogens is 427 g/mol. The van der Waals surface area contributed by atoms with Crippen molar-refractivity contribution < 1.29 is 0 Å². The number of nitrogens with one attached hydrogen (secondary N) is 1. The largest absolute Gasteiger partial charge is 0.368 e. The Labute approximate surface area is 230 Å². The summed E-state index contributed by atoms with van der Waals surface area (Å²) in [5, 5.41) is 14.6. The fourth-order valence-corrected chi connectivity index (χ4v) is 4.46. The fourth-order valence-electron chi connectivity index (χ4n) is 4.46. The zero-order chi connectivity index (χ0) is 21.0. The summed E-state index contributed by atoms with van der Waals surface area (Å²) in [5.74, 6) is 1.85. The summed E-state index contributed by atoms with van der Waals surface area (Å²) in [7, 11) is 0. The smallest absolute Gasteiger partial charge is 0.206 e. The third kappa shape index (κ3) is 4.98. The quantitative estimate of drug-likeness (QED) is 0.432. The van der Waals surface area contributed by atoms with Crippen LogP contribution >= 0.6 is 0 Å². The van der Waals surface area contributed by atoms with Gasteiger partial charge in [-0.15, -0.1) is 10.2 Å². The van der Waals surface area contributed by atoms with E-state index in [0.717, 1.165) is 63.2 Å². The van der Waals surface area contributed by atoms with Crippen molar-refractivity contribution in [1.82, 2.24) is 35.1 Å². The number of tetrazole rings is 1. The Morgan fingerprint density at radius 3 is 2.50 bits per heavy atom. The molecule has 0 atom stereocenters. The van der Waals surface area contributed by atoms with Crippen molar-refractivity contribution >= 4 is 68.1 Å². The Hall–Kier alpha value is -1.62. The number of imidazole rings is 1. The van der Waals surface area contributed by atoms with E-state index in [-0.39, 0.29) is 51.4 Å². The number of nitrogens with zero attached hydrogens (tertiary/aromatic N) is 7. The number of para-hydroxylation sites is 3. The minimum absolute atomic E-state index is 0. The Morgan fingerprint density at radius 1 is 0.938 bits per heavy atom. The molecule has 32 heavy (non-hydrogen) atoms. The van der Waals surface area contributed by atoms with E-state index in [1.165, 1.54) is 17.0 Å². The van der Waals surface area contributed by atoms with Gasteiger partial charge in [0.2, 0.25) is 5.82 Å². The third-order valence-corrected chi connectivity index (χ3v) is 6.05. The molecule has 2 aromatic carbocycles. The minimum atomic E-state index is 0. The van der Waals surface area contributed by atoms with Crippen LogP contribution in [0.3, 0.4) is 0 Å². The molecular formula is C23H28KN8. The van der Waals surface area contributed by atoms with Crippen LogP contribution in [-0.2, 0) is 13.0 Å². The van der Waals surface area contributed by atoms with Gasteiger partial charge in [-0.2, -0.15) is 5.21 Å². The van der Waals surface area contributed by atoms with Crippen molar-refractivity contribution in [2.75, 3.05) is 37.6 Å². The van der Waals surface area contributed by atoms with Crippen molar-refractivity contribution in [2.45, 2.75) is 26.3 Å². The average Bonchev–Trinajstić information content (AvgIpc) is 3.47. The van der Waals surface area contributed by atoms with E-state index < -0.39 is 0 Å². The number of rotatable bonds is 7. The molecule has 1 aliphatic rings. The topological polar surface area (TPSA) is 78.8 Å². The van der Waals surface area contributed by atoms with E-state index in [0.29, 0.717) is 5.82 Å². The SMILES string of the molecule is CCCc1nc2ccccc2n1CCN1CCN(c2ccccc2-c2nn[nH]n2)CC1.[K]. The van der Waals surface area contributed by atoms with Gasteiger partial charge in [-0.1, -0.05) is 31.2 Å². The molecule has 2 aromatic heterocycles. The Bertz CT molecular complexity index is 1130. The van der Waals surface area contributed by atoms with E-state index in [2.05, 4.69) is 84.4 Å². The van der Waals surface area contributed by atoms with Crippen LogP contribution in [-0.4, -0.2) is 119 Å². The first kappa shape index (κ1) is 23.5. The summed E-state index contributed by atoms with van der Waals surface area (Å²) in [6.07, 6.45) is 2.14. The van der Waals surface area contributed by atoms with Crippen molar-refractivity contribution in [3.63, 3.8) is 0 Å². The summed E-state index contributed by atoms with van der Waals surface area (Å²) in [5.41, 5.74) is 4.56. The second-order valence-corrected chi connectivity index (χ2v) is 8.00. The molecule has 0 spiro atoms. The number of anilines is 1. The molecule has 0 amide bonds. The molecule has 0 bridgehead atoms. The predicted molar refractivity (Wildman–Crippen MR) is 128 cm³/mol. The number of benzene rings is 2. The molecule has 1 radical (unpaired) electrons. The van der Waals surface area contributed by atoms with Gasteiger partial charge in [0.05, 0.1) is 11.0 Å². The second-order valence-electron chi connectivity index (χ2n) is 8.00. The summed E-state index contributed by atoms with van der Waals surface area (Å²) in [4.78, 5) is 9.85. The maximum absolute atomic E-state index is 4.87. The Balaban J connectivity index is 0.00000245. The van der Waals surface area contributed by atoms with E-state index in [4.69, 9.17) is 4.98 Å².